The number of hydrogen-bond donors (Lipinski definition) is 1. The summed E-state index contributed by atoms with van der Waals surface area (Å²) in [5.41, 5.74) is 3.07. The lowest BCUT2D eigenvalue weighted by atomic mass is 9.83. The van der Waals surface area contributed by atoms with Gasteiger partial charge in [0, 0.05) is 37.7 Å². The van der Waals surface area contributed by atoms with Crippen molar-refractivity contribution in [1.82, 2.24) is 15.2 Å². The van der Waals surface area contributed by atoms with E-state index in [1.165, 1.54) is 0 Å². The molecule has 0 saturated carbocycles. The van der Waals surface area contributed by atoms with Crippen LogP contribution in [0.3, 0.4) is 0 Å². The number of carbonyl (C=O) groups is 1. The highest BCUT2D eigenvalue weighted by molar-refractivity contribution is 5.93. The van der Waals surface area contributed by atoms with E-state index in [0.717, 1.165) is 54.1 Å². The average molecular weight is 408 g/mol. The minimum atomic E-state index is -0.338. The summed E-state index contributed by atoms with van der Waals surface area (Å²) in [5.74, 6) is 1.56. The van der Waals surface area contributed by atoms with Gasteiger partial charge in [0.2, 0.25) is 0 Å². The predicted octanol–water partition coefficient (Wildman–Crippen LogP) is 3.52. The Morgan fingerprint density at radius 2 is 1.97 bits per heavy atom. The molecule has 6 nitrogen and oxygen atoms in total. The van der Waals surface area contributed by atoms with E-state index >= 15 is 0 Å². The highest BCUT2D eigenvalue weighted by Gasteiger charge is 2.38. The van der Waals surface area contributed by atoms with Crippen LogP contribution < -0.4 is 14.8 Å². The van der Waals surface area contributed by atoms with Crippen LogP contribution in [0.4, 0.5) is 0 Å². The molecule has 1 N–H and O–H groups in total. The molecule has 0 aliphatic carbocycles. The van der Waals surface area contributed by atoms with Crippen LogP contribution in [0.25, 0.3) is 5.57 Å². The highest BCUT2D eigenvalue weighted by Crippen LogP contribution is 2.46. The average Bonchev–Trinajstić information content (AvgIpc) is 2.79. The van der Waals surface area contributed by atoms with Crippen molar-refractivity contribution in [2.24, 2.45) is 0 Å². The quantitative estimate of drug-likeness (QED) is 0.822. The number of pyridine rings is 1. The van der Waals surface area contributed by atoms with Crippen molar-refractivity contribution in [2.45, 2.75) is 32.3 Å². The number of benzene rings is 1. The number of hydrogen-bond acceptors (Lipinski definition) is 5. The topological polar surface area (TPSA) is 63.7 Å². The summed E-state index contributed by atoms with van der Waals surface area (Å²) in [5, 5.41) is 3.41. The third kappa shape index (κ3) is 3.67. The number of ether oxygens (including phenoxy) is 2. The fourth-order valence-corrected chi connectivity index (χ4v) is 4.29. The third-order valence-electron chi connectivity index (χ3n) is 5.99. The van der Waals surface area contributed by atoms with Gasteiger partial charge >= 0.3 is 0 Å². The number of piperidine rings is 1. The lowest BCUT2D eigenvalue weighted by Gasteiger charge is -2.40. The van der Waals surface area contributed by atoms with Gasteiger partial charge in [-0.1, -0.05) is 12.1 Å². The molecule has 1 amide bonds. The highest BCUT2D eigenvalue weighted by atomic mass is 16.5. The van der Waals surface area contributed by atoms with Gasteiger partial charge in [-0.05, 0) is 56.8 Å². The summed E-state index contributed by atoms with van der Waals surface area (Å²) in [6, 6.07) is 9.70. The van der Waals surface area contributed by atoms with Crippen LogP contribution in [0.5, 0.6) is 11.5 Å². The summed E-state index contributed by atoms with van der Waals surface area (Å²) in [6.45, 7) is 7.12. The molecule has 6 heteroatoms. The minimum absolute atomic E-state index is 0.0414. The van der Waals surface area contributed by atoms with E-state index in [9.17, 15) is 4.79 Å². The molecule has 2 aromatic rings. The van der Waals surface area contributed by atoms with E-state index in [0.29, 0.717) is 18.8 Å². The number of methoxy groups -OCH3 is 1. The molecule has 4 rings (SSSR count). The molecule has 0 atom stereocenters. The number of aromatic nitrogens is 1. The zero-order valence-corrected chi connectivity index (χ0v) is 17.9. The smallest absolute Gasteiger partial charge is 0.272 e. The van der Waals surface area contributed by atoms with E-state index in [4.69, 9.17) is 9.47 Å². The van der Waals surface area contributed by atoms with E-state index in [1.807, 2.05) is 44.2 Å². The maximum absolute atomic E-state index is 12.6. The van der Waals surface area contributed by atoms with Crippen LogP contribution >= 0.6 is 0 Å². The van der Waals surface area contributed by atoms with Gasteiger partial charge in [-0.15, -0.1) is 0 Å². The number of nitrogens with zero attached hydrogens (tertiary/aromatic N) is 2. The zero-order valence-electron chi connectivity index (χ0n) is 17.9. The molecule has 2 aliphatic rings. The first-order valence-corrected chi connectivity index (χ1v) is 10.7. The summed E-state index contributed by atoms with van der Waals surface area (Å²) >= 11 is 0. The largest absolute Gasteiger partial charge is 0.496 e. The number of carbonyl (C=O) groups excluding carboxylic acids is 1. The van der Waals surface area contributed by atoms with Crippen molar-refractivity contribution < 1.29 is 14.3 Å². The van der Waals surface area contributed by atoms with Gasteiger partial charge in [-0.2, -0.15) is 0 Å². The van der Waals surface area contributed by atoms with Gasteiger partial charge in [0.1, 0.15) is 22.8 Å². The van der Waals surface area contributed by atoms with Crippen molar-refractivity contribution in [3.63, 3.8) is 0 Å². The second kappa shape index (κ2) is 8.48. The molecular weight excluding hydrogens is 378 g/mol. The first-order chi connectivity index (χ1) is 14.6. The lowest BCUT2D eigenvalue weighted by molar-refractivity contribution is 0.0766. The zero-order chi connectivity index (χ0) is 21.1. The number of rotatable bonds is 5. The van der Waals surface area contributed by atoms with E-state index < -0.39 is 0 Å². The molecule has 158 valence electrons. The Balaban J connectivity index is 1.76. The predicted molar refractivity (Wildman–Crippen MR) is 117 cm³/mol. The summed E-state index contributed by atoms with van der Waals surface area (Å²) in [6.07, 6.45) is 5.82. The number of amides is 1. The van der Waals surface area contributed by atoms with Gasteiger partial charge in [-0.25, -0.2) is 0 Å². The first kappa shape index (κ1) is 20.4. The van der Waals surface area contributed by atoms with Crippen LogP contribution in [0.15, 0.2) is 42.6 Å². The standard InChI is InChI=1S/C24H29N3O3/c1-4-27(5-2)23(28)19-10-9-17(16-26-19)18-15-24(11-13-25-14-12-24)30-21-8-6-7-20(29-3)22(18)21/h6-10,15-16,25H,4-5,11-14H2,1-3H3. The summed E-state index contributed by atoms with van der Waals surface area (Å²) in [4.78, 5) is 18.9. The molecule has 2 aliphatic heterocycles. The number of fused-ring (bicyclic) bond motifs is 1. The molecule has 3 heterocycles. The van der Waals surface area contributed by atoms with Crippen LogP contribution in [0.1, 0.15) is 48.3 Å². The van der Waals surface area contributed by atoms with E-state index in [-0.39, 0.29) is 11.5 Å². The maximum atomic E-state index is 12.6. The second-order valence-corrected chi connectivity index (χ2v) is 7.72. The second-order valence-electron chi connectivity index (χ2n) is 7.72. The van der Waals surface area contributed by atoms with Crippen LogP contribution in [-0.4, -0.2) is 54.7 Å². The molecule has 0 bridgehead atoms. The molecule has 1 aromatic carbocycles. The van der Waals surface area contributed by atoms with Gasteiger partial charge in [0.25, 0.3) is 5.91 Å². The molecule has 30 heavy (non-hydrogen) atoms. The normalized spacial score (nSPS) is 17.0. The summed E-state index contributed by atoms with van der Waals surface area (Å²) in [7, 11) is 1.67. The van der Waals surface area contributed by atoms with Gasteiger partial charge in [0.15, 0.2) is 0 Å². The van der Waals surface area contributed by atoms with Gasteiger partial charge < -0.3 is 19.7 Å². The first-order valence-electron chi connectivity index (χ1n) is 10.7. The summed E-state index contributed by atoms with van der Waals surface area (Å²) < 4.78 is 12.1. The SMILES string of the molecule is CCN(CC)C(=O)c1ccc(C2=CC3(CCNCC3)Oc3cccc(OC)c32)cn1. The van der Waals surface area contributed by atoms with Gasteiger partial charge in [0.05, 0.1) is 12.7 Å². The molecule has 0 unspecified atom stereocenters. The van der Waals surface area contributed by atoms with Gasteiger partial charge in [-0.3, -0.25) is 9.78 Å². The Kier molecular flexibility index (Phi) is 5.77. The third-order valence-corrected chi connectivity index (χ3v) is 5.99. The van der Waals surface area contributed by atoms with Crippen molar-refractivity contribution in [1.29, 1.82) is 0 Å². The van der Waals surface area contributed by atoms with Crippen LogP contribution in [-0.2, 0) is 0 Å². The molecule has 1 aromatic heterocycles. The Bertz CT molecular complexity index is 943. The van der Waals surface area contributed by atoms with E-state index in [2.05, 4.69) is 16.4 Å². The Hall–Kier alpha value is -2.86. The van der Waals surface area contributed by atoms with Crippen molar-refractivity contribution >= 4 is 11.5 Å². The van der Waals surface area contributed by atoms with Crippen molar-refractivity contribution in [3.8, 4) is 11.5 Å². The molecule has 1 spiro atoms. The van der Waals surface area contributed by atoms with Crippen LogP contribution in [0.2, 0.25) is 0 Å². The Labute approximate surface area is 177 Å². The van der Waals surface area contributed by atoms with Crippen LogP contribution in [0, 0.1) is 0 Å². The fraction of sp³-hybridized carbons (Fsp3) is 0.417. The Morgan fingerprint density at radius 3 is 2.60 bits per heavy atom. The number of nitrogens with one attached hydrogen (secondary N) is 1. The monoisotopic (exact) mass is 407 g/mol. The van der Waals surface area contributed by atoms with Crippen molar-refractivity contribution in [2.75, 3.05) is 33.3 Å². The fourth-order valence-electron chi connectivity index (χ4n) is 4.29. The lowest BCUT2D eigenvalue weighted by Crippen LogP contribution is -2.46. The minimum Gasteiger partial charge on any atom is -0.496 e. The van der Waals surface area contributed by atoms with Crippen molar-refractivity contribution in [3.05, 3.63) is 59.4 Å². The van der Waals surface area contributed by atoms with E-state index in [1.54, 1.807) is 18.2 Å². The maximum Gasteiger partial charge on any atom is 0.272 e. The molecule has 1 fully saturated rings. The molecule has 1 saturated heterocycles. The Morgan fingerprint density at radius 1 is 1.20 bits per heavy atom. The molecular formula is C24H29N3O3. The molecule has 0 radical (unpaired) electrons.